The highest BCUT2D eigenvalue weighted by Crippen LogP contribution is 2.39. The summed E-state index contributed by atoms with van der Waals surface area (Å²) >= 11 is 0. The van der Waals surface area contributed by atoms with Crippen molar-refractivity contribution in [2.45, 2.75) is 52.1 Å². The number of benzene rings is 1. The average Bonchev–Trinajstić information content (AvgIpc) is 3.13. The molecule has 0 radical (unpaired) electrons. The summed E-state index contributed by atoms with van der Waals surface area (Å²) in [4.78, 5) is 16.7. The van der Waals surface area contributed by atoms with Gasteiger partial charge in [-0.2, -0.15) is 0 Å². The van der Waals surface area contributed by atoms with Gasteiger partial charge in [0.15, 0.2) is 0 Å². The van der Waals surface area contributed by atoms with E-state index < -0.39 is 0 Å². The van der Waals surface area contributed by atoms with Crippen molar-refractivity contribution < 1.29 is 9.21 Å². The van der Waals surface area contributed by atoms with Gasteiger partial charge in [-0.3, -0.25) is 9.69 Å². The van der Waals surface area contributed by atoms with Gasteiger partial charge in [0.25, 0.3) is 0 Å². The van der Waals surface area contributed by atoms with Crippen LogP contribution in [0.5, 0.6) is 0 Å². The quantitative estimate of drug-likeness (QED) is 0.828. The van der Waals surface area contributed by atoms with Gasteiger partial charge in [-0.05, 0) is 51.8 Å². The van der Waals surface area contributed by atoms with E-state index in [1.54, 1.807) is 0 Å². The first-order valence-corrected chi connectivity index (χ1v) is 9.94. The molecule has 2 fully saturated rings. The molecule has 0 saturated carbocycles. The molecule has 1 amide bonds. The minimum absolute atomic E-state index is 0.207. The summed E-state index contributed by atoms with van der Waals surface area (Å²) in [6.07, 6.45) is 4.01. The molecule has 1 atom stereocenters. The highest BCUT2D eigenvalue weighted by molar-refractivity contribution is 5.77. The van der Waals surface area contributed by atoms with E-state index in [1.807, 2.05) is 30.3 Å². The van der Waals surface area contributed by atoms with Gasteiger partial charge in [0.1, 0.15) is 0 Å². The number of hydrogen-bond donors (Lipinski definition) is 0. The Kier molecular flexibility index (Phi) is 5.00. The largest absolute Gasteiger partial charge is 0.419 e. The summed E-state index contributed by atoms with van der Waals surface area (Å²) in [7, 11) is 0. The second-order valence-electron chi connectivity index (χ2n) is 8.30. The molecule has 1 aromatic heterocycles. The molecule has 2 saturated heterocycles. The van der Waals surface area contributed by atoms with Gasteiger partial charge in [0.05, 0.1) is 6.54 Å². The van der Waals surface area contributed by atoms with E-state index in [0.29, 0.717) is 30.7 Å². The number of piperidine rings is 2. The van der Waals surface area contributed by atoms with E-state index in [1.165, 1.54) is 6.42 Å². The number of hydrogen-bond acceptors (Lipinski definition) is 5. The fourth-order valence-corrected chi connectivity index (χ4v) is 4.50. The molecule has 1 unspecified atom stereocenters. The summed E-state index contributed by atoms with van der Waals surface area (Å²) < 4.78 is 5.90. The summed E-state index contributed by atoms with van der Waals surface area (Å²) in [6, 6.07) is 10.1. The first-order valence-electron chi connectivity index (χ1n) is 9.94. The number of likely N-dealkylation sites (tertiary alicyclic amines) is 2. The predicted octanol–water partition coefficient (Wildman–Crippen LogP) is 3.35. The van der Waals surface area contributed by atoms with Crippen molar-refractivity contribution in [2.75, 3.05) is 19.6 Å². The fraction of sp³-hybridized carbons (Fsp3) is 0.571. The lowest BCUT2D eigenvalue weighted by Crippen LogP contribution is -2.55. The van der Waals surface area contributed by atoms with Crippen molar-refractivity contribution in [1.29, 1.82) is 0 Å². The maximum atomic E-state index is 12.3. The van der Waals surface area contributed by atoms with Gasteiger partial charge >= 0.3 is 0 Å². The first kappa shape index (κ1) is 18.2. The standard InChI is InChI=1S/C21H28N4O2/c1-16(2)25-15-21(11-9-19(25)26)10-6-12-24(14-21)13-18-22-23-20(27-18)17-7-4-3-5-8-17/h3-5,7-8,16H,6,9-15H2,1-2H3. The summed E-state index contributed by atoms with van der Waals surface area (Å²) in [5.74, 6) is 1.54. The molecule has 6 heteroatoms. The van der Waals surface area contributed by atoms with Crippen LogP contribution in [-0.2, 0) is 11.3 Å². The summed E-state index contributed by atoms with van der Waals surface area (Å²) in [6.45, 7) is 7.81. The number of amides is 1. The second kappa shape index (κ2) is 7.43. The Labute approximate surface area is 160 Å². The van der Waals surface area contributed by atoms with E-state index in [0.717, 1.165) is 38.0 Å². The van der Waals surface area contributed by atoms with Crippen molar-refractivity contribution in [3.8, 4) is 11.5 Å². The molecule has 0 aliphatic carbocycles. The summed E-state index contributed by atoms with van der Waals surface area (Å²) in [5.41, 5.74) is 1.16. The Bertz CT molecular complexity index is 788. The molecular formula is C21H28N4O2. The maximum absolute atomic E-state index is 12.3. The lowest BCUT2D eigenvalue weighted by Gasteiger charge is -2.49. The van der Waals surface area contributed by atoms with E-state index in [-0.39, 0.29) is 11.5 Å². The van der Waals surface area contributed by atoms with Crippen LogP contribution in [0, 0.1) is 5.41 Å². The Balaban J connectivity index is 1.43. The lowest BCUT2D eigenvalue weighted by atomic mass is 9.73. The van der Waals surface area contributed by atoms with E-state index in [4.69, 9.17) is 4.42 Å². The van der Waals surface area contributed by atoms with Crippen LogP contribution in [-0.4, -0.2) is 51.6 Å². The zero-order valence-corrected chi connectivity index (χ0v) is 16.2. The van der Waals surface area contributed by atoms with Crippen LogP contribution < -0.4 is 0 Å². The molecule has 0 N–H and O–H groups in total. The van der Waals surface area contributed by atoms with Crippen LogP contribution in [0.15, 0.2) is 34.7 Å². The van der Waals surface area contributed by atoms with Gasteiger partial charge in [-0.1, -0.05) is 18.2 Å². The molecule has 2 aliphatic rings. The van der Waals surface area contributed by atoms with Crippen LogP contribution in [0.2, 0.25) is 0 Å². The Hall–Kier alpha value is -2.21. The molecule has 1 spiro atoms. The molecule has 1 aromatic carbocycles. The van der Waals surface area contributed by atoms with Gasteiger partial charge in [0, 0.05) is 36.5 Å². The van der Waals surface area contributed by atoms with E-state index in [9.17, 15) is 4.79 Å². The number of aromatic nitrogens is 2. The lowest BCUT2D eigenvalue weighted by molar-refractivity contribution is -0.141. The maximum Gasteiger partial charge on any atom is 0.247 e. The van der Waals surface area contributed by atoms with E-state index >= 15 is 0 Å². The van der Waals surface area contributed by atoms with Crippen LogP contribution in [0.25, 0.3) is 11.5 Å². The van der Waals surface area contributed by atoms with Crippen molar-refractivity contribution in [2.24, 2.45) is 5.41 Å². The Morgan fingerprint density at radius 2 is 1.96 bits per heavy atom. The highest BCUT2D eigenvalue weighted by Gasteiger charge is 2.42. The van der Waals surface area contributed by atoms with Crippen LogP contribution in [0.3, 0.4) is 0 Å². The normalized spacial score (nSPS) is 24.1. The minimum atomic E-state index is 0.207. The monoisotopic (exact) mass is 368 g/mol. The zero-order valence-electron chi connectivity index (χ0n) is 16.2. The van der Waals surface area contributed by atoms with Crippen LogP contribution >= 0.6 is 0 Å². The van der Waals surface area contributed by atoms with Crippen LogP contribution in [0.1, 0.15) is 45.4 Å². The van der Waals surface area contributed by atoms with Crippen LogP contribution in [0.4, 0.5) is 0 Å². The molecule has 2 aliphatic heterocycles. The highest BCUT2D eigenvalue weighted by atomic mass is 16.4. The van der Waals surface area contributed by atoms with Gasteiger partial charge in [-0.25, -0.2) is 0 Å². The Morgan fingerprint density at radius 1 is 1.15 bits per heavy atom. The Morgan fingerprint density at radius 3 is 2.74 bits per heavy atom. The third-order valence-corrected chi connectivity index (χ3v) is 5.91. The summed E-state index contributed by atoms with van der Waals surface area (Å²) in [5, 5.41) is 8.46. The minimum Gasteiger partial charge on any atom is -0.419 e. The smallest absolute Gasteiger partial charge is 0.247 e. The fourth-order valence-electron chi connectivity index (χ4n) is 4.50. The SMILES string of the molecule is CC(C)N1CC2(CCCN(Cc3nnc(-c4ccccc4)o3)C2)CCC1=O. The molecule has 3 heterocycles. The molecule has 2 aromatic rings. The van der Waals surface area contributed by atoms with Crippen molar-refractivity contribution >= 4 is 5.91 Å². The molecular weight excluding hydrogens is 340 g/mol. The number of carbonyl (C=O) groups is 1. The number of carbonyl (C=O) groups excluding carboxylic acids is 1. The van der Waals surface area contributed by atoms with Gasteiger partial charge in [-0.15, -0.1) is 10.2 Å². The number of rotatable bonds is 4. The van der Waals surface area contributed by atoms with Crippen molar-refractivity contribution in [1.82, 2.24) is 20.0 Å². The van der Waals surface area contributed by atoms with Gasteiger partial charge < -0.3 is 9.32 Å². The molecule has 6 nitrogen and oxygen atoms in total. The van der Waals surface area contributed by atoms with E-state index in [2.05, 4.69) is 33.8 Å². The van der Waals surface area contributed by atoms with Crippen molar-refractivity contribution in [3.05, 3.63) is 36.2 Å². The molecule has 144 valence electrons. The number of nitrogens with zero attached hydrogens (tertiary/aromatic N) is 4. The second-order valence-corrected chi connectivity index (χ2v) is 8.30. The third-order valence-electron chi connectivity index (χ3n) is 5.91. The molecule has 27 heavy (non-hydrogen) atoms. The predicted molar refractivity (Wildman–Crippen MR) is 103 cm³/mol. The first-order chi connectivity index (χ1) is 13.0. The average molecular weight is 368 g/mol. The topological polar surface area (TPSA) is 62.5 Å². The van der Waals surface area contributed by atoms with Gasteiger partial charge in [0.2, 0.25) is 17.7 Å². The van der Waals surface area contributed by atoms with Crippen molar-refractivity contribution in [3.63, 3.8) is 0 Å². The third kappa shape index (κ3) is 3.90. The molecule has 0 bridgehead atoms. The zero-order chi connectivity index (χ0) is 18.9. The molecule has 4 rings (SSSR count).